The molecule has 0 spiro atoms. The van der Waals surface area contributed by atoms with Crippen molar-refractivity contribution in [2.24, 2.45) is 0 Å². The van der Waals surface area contributed by atoms with Crippen molar-refractivity contribution < 1.29 is 14.4 Å². The first-order valence-electron chi connectivity index (χ1n) is 7.62. The van der Waals surface area contributed by atoms with Crippen LogP contribution in [0.2, 0.25) is 0 Å². The number of imide groups is 1. The van der Waals surface area contributed by atoms with E-state index in [1.165, 1.54) is 0 Å². The van der Waals surface area contributed by atoms with Gasteiger partial charge in [0.2, 0.25) is 5.91 Å². The highest BCUT2D eigenvalue weighted by Crippen LogP contribution is 2.35. The maximum atomic E-state index is 12.7. The van der Waals surface area contributed by atoms with E-state index in [0.29, 0.717) is 6.54 Å². The van der Waals surface area contributed by atoms with Crippen molar-refractivity contribution in [3.63, 3.8) is 0 Å². The molecule has 0 radical (unpaired) electrons. The van der Waals surface area contributed by atoms with Gasteiger partial charge in [0.05, 0.1) is 6.04 Å². The molecule has 0 aromatic heterocycles. The number of carbonyl (C=O) groups excluding carboxylic acids is 3. The third-order valence-corrected chi connectivity index (χ3v) is 4.50. The summed E-state index contributed by atoms with van der Waals surface area (Å²) in [6.45, 7) is 4.31. The Labute approximate surface area is 139 Å². The third-order valence-electron chi connectivity index (χ3n) is 4.50. The van der Waals surface area contributed by atoms with Crippen LogP contribution in [0.15, 0.2) is 36.9 Å². The highest BCUT2D eigenvalue weighted by Gasteiger charge is 2.45. The smallest absolute Gasteiger partial charge is 0.323 e. The number of terminal acetylenes is 1. The number of carbonyl (C=O) groups is 3. The van der Waals surface area contributed by atoms with E-state index < -0.39 is 17.5 Å². The second-order valence-corrected chi connectivity index (χ2v) is 5.86. The minimum Gasteiger partial charge on any atom is -0.328 e. The fourth-order valence-electron chi connectivity index (χ4n) is 3.19. The minimum absolute atomic E-state index is 0.0518. The van der Waals surface area contributed by atoms with Crippen LogP contribution in [-0.2, 0) is 16.1 Å². The van der Waals surface area contributed by atoms with Crippen LogP contribution in [0.5, 0.6) is 0 Å². The number of nitrogens with one attached hydrogen (secondary N) is 2. The first kappa shape index (κ1) is 15.8. The van der Waals surface area contributed by atoms with Gasteiger partial charge in [0.25, 0.3) is 5.91 Å². The first-order chi connectivity index (χ1) is 11.5. The lowest BCUT2D eigenvalue weighted by atomic mass is 9.94. The van der Waals surface area contributed by atoms with Gasteiger partial charge in [0.15, 0.2) is 5.54 Å². The standard InChI is InChI=1S/C18H17N3O3/c1-3-14-13-8-6-5-7-12(13)11-21(14)15(22)9-10-18(4-2)16(23)19-17(24)20-18/h2-3,5-8,14H,1,9-11H2,(H2,19,20,23,24)/t14-,18+/m0/s1. The SMILES string of the molecule is C#C[C@]1(CCC(=O)N2Cc3ccccc3[C@@H]2C=C)NC(=O)NC1=O. The summed E-state index contributed by atoms with van der Waals surface area (Å²) in [6, 6.07) is 6.98. The van der Waals surface area contributed by atoms with Crippen molar-refractivity contribution in [2.45, 2.75) is 31.0 Å². The van der Waals surface area contributed by atoms with Crippen LogP contribution >= 0.6 is 0 Å². The summed E-state index contributed by atoms with van der Waals surface area (Å²) in [6.07, 6.45) is 7.25. The van der Waals surface area contributed by atoms with E-state index in [-0.39, 0.29) is 24.8 Å². The molecule has 2 aliphatic rings. The molecule has 0 aliphatic carbocycles. The molecule has 6 heteroatoms. The monoisotopic (exact) mass is 323 g/mol. The summed E-state index contributed by atoms with van der Waals surface area (Å²) < 4.78 is 0. The van der Waals surface area contributed by atoms with Crippen molar-refractivity contribution >= 4 is 17.8 Å². The molecule has 0 unspecified atom stereocenters. The van der Waals surface area contributed by atoms with E-state index in [4.69, 9.17) is 6.42 Å². The normalized spacial score (nSPS) is 24.8. The zero-order chi connectivity index (χ0) is 17.3. The zero-order valence-electron chi connectivity index (χ0n) is 13.0. The Balaban J connectivity index is 1.72. The minimum atomic E-state index is -1.46. The quantitative estimate of drug-likeness (QED) is 0.497. The molecular formula is C18H17N3O3. The van der Waals surface area contributed by atoms with Crippen LogP contribution in [0.25, 0.3) is 0 Å². The van der Waals surface area contributed by atoms with Crippen molar-refractivity contribution in [3.8, 4) is 12.3 Å². The van der Waals surface area contributed by atoms with Gasteiger partial charge in [0, 0.05) is 13.0 Å². The Kier molecular flexibility index (Phi) is 3.86. The number of hydrogen-bond acceptors (Lipinski definition) is 3. The number of nitrogens with zero attached hydrogens (tertiary/aromatic N) is 1. The molecule has 2 heterocycles. The number of urea groups is 1. The zero-order valence-corrected chi connectivity index (χ0v) is 13.0. The Bertz CT molecular complexity index is 780. The predicted octanol–water partition coefficient (Wildman–Crippen LogP) is 1.25. The van der Waals surface area contributed by atoms with Crippen molar-refractivity contribution in [1.29, 1.82) is 0 Å². The molecule has 1 aromatic rings. The van der Waals surface area contributed by atoms with Crippen LogP contribution in [0.3, 0.4) is 0 Å². The van der Waals surface area contributed by atoms with Gasteiger partial charge in [0.1, 0.15) is 0 Å². The fourth-order valence-corrected chi connectivity index (χ4v) is 3.19. The Morgan fingerprint density at radius 1 is 1.46 bits per heavy atom. The van der Waals surface area contributed by atoms with Gasteiger partial charge < -0.3 is 10.2 Å². The molecule has 6 nitrogen and oxygen atoms in total. The number of rotatable bonds is 4. The summed E-state index contributed by atoms with van der Waals surface area (Å²) >= 11 is 0. The second-order valence-electron chi connectivity index (χ2n) is 5.86. The molecule has 4 amide bonds. The molecule has 0 saturated carbocycles. The summed E-state index contributed by atoms with van der Waals surface area (Å²) in [5, 5.41) is 4.54. The lowest BCUT2D eigenvalue weighted by Crippen LogP contribution is -2.46. The van der Waals surface area contributed by atoms with Crippen LogP contribution in [0.4, 0.5) is 4.79 Å². The second kappa shape index (κ2) is 5.85. The number of benzene rings is 1. The van der Waals surface area contributed by atoms with Gasteiger partial charge in [-0.25, -0.2) is 4.79 Å². The summed E-state index contributed by atoms with van der Waals surface area (Å²) in [5.41, 5.74) is 0.678. The molecule has 2 N–H and O–H groups in total. The highest BCUT2D eigenvalue weighted by atomic mass is 16.2. The van der Waals surface area contributed by atoms with E-state index in [1.807, 2.05) is 24.3 Å². The number of hydrogen-bond donors (Lipinski definition) is 2. The van der Waals surface area contributed by atoms with Gasteiger partial charge in [-0.2, -0.15) is 0 Å². The number of amides is 4. The highest BCUT2D eigenvalue weighted by molar-refractivity contribution is 6.09. The molecule has 2 aliphatic heterocycles. The maximum absolute atomic E-state index is 12.7. The Hall–Kier alpha value is -3.07. The number of fused-ring (bicyclic) bond motifs is 1. The molecule has 2 atom stereocenters. The van der Waals surface area contributed by atoms with E-state index in [2.05, 4.69) is 23.1 Å². The first-order valence-corrected chi connectivity index (χ1v) is 7.62. The molecule has 24 heavy (non-hydrogen) atoms. The molecule has 0 bridgehead atoms. The summed E-state index contributed by atoms with van der Waals surface area (Å²) in [4.78, 5) is 37.6. The van der Waals surface area contributed by atoms with Crippen LogP contribution in [0.1, 0.15) is 30.0 Å². The molecule has 1 saturated heterocycles. The van der Waals surface area contributed by atoms with Gasteiger partial charge in [-0.05, 0) is 17.5 Å². The average Bonchev–Trinajstić information content (AvgIpc) is 3.09. The van der Waals surface area contributed by atoms with E-state index in [1.54, 1.807) is 11.0 Å². The average molecular weight is 323 g/mol. The van der Waals surface area contributed by atoms with Gasteiger partial charge in [-0.1, -0.05) is 36.3 Å². The van der Waals surface area contributed by atoms with Gasteiger partial charge >= 0.3 is 6.03 Å². The summed E-state index contributed by atoms with van der Waals surface area (Å²) in [7, 11) is 0. The van der Waals surface area contributed by atoms with Crippen molar-refractivity contribution in [3.05, 3.63) is 48.0 Å². The van der Waals surface area contributed by atoms with E-state index >= 15 is 0 Å². The van der Waals surface area contributed by atoms with Gasteiger partial charge in [-0.15, -0.1) is 13.0 Å². The summed E-state index contributed by atoms with van der Waals surface area (Å²) in [5.74, 6) is 1.58. The molecule has 122 valence electrons. The Morgan fingerprint density at radius 3 is 2.83 bits per heavy atom. The van der Waals surface area contributed by atoms with E-state index in [0.717, 1.165) is 11.1 Å². The molecule has 3 rings (SSSR count). The van der Waals surface area contributed by atoms with Crippen molar-refractivity contribution in [1.82, 2.24) is 15.5 Å². The topological polar surface area (TPSA) is 78.5 Å². The van der Waals surface area contributed by atoms with Crippen LogP contribution < -0.4 is 10.6 Å². The third kappa shape index (κ3) is 2.44. The molecular weight excluding hydrogens is 306 g/mol. The van der Waals surface area contributed by atoms with Crippen LogP contribution in [-0.4, -0.2) is 28.3 Å². The van der Waals surface area contributed by atoms with E-state index in [9.17, 15) is 14.4 Å². The van der Waals surface area contributed by atoms with Crippen LogP contribution in [0, 0.1) is 12.3 Å². The molecule has 1 aromatic carbocycles. The van der Waals surface area contributed by atoms with Crippen molar-refractivity contribution in [2.75, 3.05) is 0 Å². The maximum Gasteiger partial charge on any atom is 0.323 e. The lowest BCUT2D eigenvalue weighted by molar-refractivity contribution is -0.133. The Morgan fingerprint density at radius 2 is 2.21 bits per heavy atom. The molecule has 1 fully saturated rings. The predicted molar refractivity (Wildman–Crippen MR) is 87.4 cm³/mol. The van der Waals surface area contributed by atoms with Gasteiger partial charge in [-0.3, -0.25) is 14.9 Å². The largest absolute Gasteiger partial charge is 0.328 e. The fraction of sp³-hybridized carbons (Fsp3) is 0.278. The lowest BCUT2D eigenvalue weighted by Gasteiger charge is -2.25.